The van der Waals surface area contributed by atoms with Crippen LogP contribution >= 0.6 is 0 Å². The molecule has 0 radical (unpaired) electrons. The van der Waals surface area contributed by atoms with E-state index in [0.717, 1.165) is 4.31 Å². The van der Waals surface area contributed by atoms with Crippen molar-refractivity contribution in [3.05, 3.63) is 48.5 Å². The summed E-state index contributed by atoms with van der Waals surface area (Å²) in [5.41, 5.74) is 0.253. The molecule has 0 saturated carbocycles. The van der Waals surface area contributed by atoms with Gasteiger partial charge in [0, 0.05) is 12.6 Å². The molecule has 0 aliphatic heterocycles. The fraction of sp³-hybridized carbons (Fsp3) is 0.278. The van der Waals surface area contributed by atoms with Crippen LogP contribution in [0.15, 0.2) is 53.4 Å². The van der Waals surface area contributed by atoms with Crippen molar-refractivity contribution >= 4 is 21.6 Å². The predicted molar refractivity (Wildman–Crippen MR) is 99.2 cm³/mol. The van der Waals surface area contributed by atoms with Crippen molar-refractivity contribution in [1.82, 2.24) is 5.32 Å². The highest BCUT2D eigenvalue weighted by Gasteiger charge is 2.29. The van der Waals surface area contributed by atoms with E-state index in [0.29, 0.717) is 12.3 Å². The van der Waals surface area contributed by atoms with Crippen molar-refractivity contribution in [3.63, 3.8) is 0 Å². The number of nitrogens with one attached hydrogen (secondary N) is 1. The van der Waals surface area contributed by atoms with Gasteiger partial charge in [0.1, 0.15) is 18.0 Å². The molecule has 0 atom stereocenters. The summed E-state index contributed by atoms with van der Waals surface area (Å²) in [4.78, 5) is 12.2. The minimum absolute atomic E-state index is 0.0853. The molecule has 1 N–H and O–H groups in total. The lowest BCUT2D eigenvalue weighted by Crippen LogP contribution is -2.41. The van der Waals surface area contributed by atoms with Gasteiger partial charge in [-0.2, -0.15) is 0 Å². The normalized spacial score (nSPS) is 10.9. The summed E-state index contributed by atoms with van der Waals surface area (Å²) >= 11 is 0. The zero-order chi connectivity index (χ0) is 19.2. The first kappa shape index (κ1) is 19.6. The highest BCUT2D eigenvalue weighted by molar-refractivity contribution is 7.92. The number of methoxy groups -OCH3 is 2. The van der Waals surface area contributed by atoms with E-state index in [1.54, 1.807) is 43.3 Å². The van der Waals surface area contributed by atoms with Crippen LogP contribution in [-0.4, -0.2) is 41.6 Å². The van der Waals surface area contributed by atoms with Crippen LogP contribution in [0, 0.1) is 0 Å². The molecule has 0 aliphatic rings. The van der Waals surface area contributed by atoms with Gasteiger partial charge in [0.15, 0.2) is 0 Å². The number of nitrogens with zero attached hydrogens (tertiary/aromatic N) is 1. The Balaban J connectivity index is 2.57. The third-order valence-corrected chi connectivity index (χ3v) is 5.42. The SMILES string of the molecule is CCNC(=O)CN(c1ccc(OC)cc1OC)S(=O)(=O)c1ccccc1. The van der Waals surface area contributed by atoms with Crippen LogP contribution in [0.2, 0.25) is 0 Å². The molecule has 0 fully saturated rings. The van der Waals surface area contributed by atoms with Gasteiger partial charge in [0.2, 0.25) is 5.91 Å². The van der Waals surface area contributed by atoms with Crippen molar-refractivity contribution in [2.24, 2.45) is 0 Å². The number of hydrogen-bond donors (Lipinski definition) is 1. The maximum Gasteiger partial charge on any atom is 0.264 e. The standard InChI is InChI=1S/C18H22N2O5S/c1-4-19-18(21)13-20(26(22,23)15-8-6-5-7-9-15)16-11-10-14(24-2)12-17(16)25-3/h5-12H,4,13H2,1-3H3,(H,19,21). The van der Waals surface area contributed by atoms with E-state index in [1.807, 2.05) is 0 Å². The van der Waals surface area contributed by atoms with Gasteiger partial charge in [-0.05, 0) is 31.2 Å². The number of rotatable bonds is 8. The molecule has 26 heavy (non-hydrogen) atoms. The molecule has 0 heterocycles. The summed E-state index contributed by atoms with van der Waals surface area (Å²) in [5, 5.41) is 2.62. The molecule has 0 bridgehead atoms. The monoisotopic (exact) mass is 378 g/mol. The Labute approximate surface area is 153 Å². The van der Waals surface area contributed by atoms with E-state index >= 15 is 0 Å². The van der Waals surface area contributed by atoms with Crippen LogP contribution in [-0.2, 0) is 14.8 Å². The summed E-state index contributed by atoms with van der Waals surface area (Å²) in [6, 6.07) is 12.7. The average Bonchev–Trinajstić information content (AvgIpc) is 2.66. The van der Waals surface area contributed by atoms with Crippen molar-refractivity contribution in [3.8, 4) is 11.5 Å². The van der Waals surface area contributed by atoms with Crippen LogP contribution in [0.25, 0.3) is 0 Å². The minimum Gasteiger partial charge on any atom is -0.497 e. The van der Waals surface area contributed by atoms with Gasteiger partial charge >= 0.3 is 0 Å². The number of anilines is 1. The number of carbonyl (C=O) groups excluding carboxylic acids is 1. The maximum atomic E-state index is 13.2. The van der Waals surface area contributed by atoms with E-state index in [1.165, 1.54) is 26.4 Å². The Hall–Kier alpha value is -2.74. The van der Waals surface area contributed by atoms with Gasteiger partial charge in [-0.25, -0.2) is 8.42 Å². The lowest BCUT2D eigenvalue weighted by molar-refractivity contribution is -0.119. The molecule has 2 aromatic carbocycles. The Kier molecular flexibility index (Phi) is 6.46. The van der Waals surface area contributed by atoms with Crippen molar-refractivity contribution < 1.29 is 22.7 Å². The Morgan fingerprint density at radius 2 is 1.77 bits per heavy atom. The number of amides is 1. The summed E-state index contributed by atoms with van der Waals surface area (Å²) < 4.78 is 37.8. The highest BCUT2D eigenvalue weighted by atomic mass is 32.2. The second kappa shape index (κ2) is 8.57. The Bertz CT molecular complexity index is 853. The smallest absolute Gasteiger partial charge is 0.264 e. The molecule has 0 saturated heterocycles. The number of carbonyl (C=O) groups is 1. The summed E-state index contributed by atoms with van der Waals surface area (Å²) in [6.45, 7) is 1.80. The second-order valence-corrected chi connectivity index (χ2v) is 7.18. The number of likely N-dealkylation sites (N-methyl/N-ethyl adjacent to an activating group) is 1. The molecule has 0 aliphatic carbocycles. The number of benzene rings is 2. The molecule has 0 aromatic heterocycles. The van der Waals surface area contributed by atoms with Gasteiger partial charge in [0.25, 0.3) is 10.0 Å². The molecular weight excluding hydrogens is 356 g/mol. The lowest BCUT2D eigenvalue weighted by atomic mass is 10.2. The van der Waals surface area contributed by atoms with Crippen molar-refractivity contribution in [2.45, 2.75) is 11.8 Å². The average molecular weight is 378 g/mol. The molecular formula is C18H22N2O5S. The Morgan fingerprint density at radius 3 is 2.35 bits per heavy atom. The van der Waals surface area contributed by atoms with Crippen LogP contribution < -0.4 is 19.1 Å². The number of ether oxygens (including phenoxy) is 2. The maximum absolute atomic E-state index is 13.2. The highest BCUT2D eigenvalue weighted by Crippen LogP contribution is 2.35. The van der Waals surface area contributed by atoms with E-state index in [9.17, 15) is 13.2 Å². The largest absolute Gasteiger partial charge is 0.497 e. The fourth-order valence-electron chi connectivity index (χ4n) is 2.39. The number of sulfonamides is 1. The van der Waals surface area contributed by atoms with Gasteiger partial charge in [0.05, 0.1) is 24.8 Å². The second-order valence-electron chi connectivity index (χ2n) is 5.32. The number of hydrogen-bond acceptors (Lipinski definition) is 5. The molecule has 0 unspecified atom stereocenters. The molecule has 0 spiro atoms. The summed E-state index contributed by atoms with van der Waals surface area (Å²) in [5.74, 6) is 0.388. The van der Waals surface area contributed by atoms with Crippen molar-refractivity contribution in [2.75, 3.05) is 31.6 Å². The predicted octanol–water partition coefficient (Wildman–Crippen LogP) is 2.04. The van der Waals surface area contributed by atoms with Crippen LogP contribution in [0.4, 0.5) is 5.69 Å². The molecule has 7 nitrogen and oxygen atoms in total. The third kappa shape index (κ3) is 4.26. The third-order valence-electron chi connectivity index (χ3n) is 3.65. The summed E-state index contributed by atoms with van der Waals surface area (Å²) in [6.07, 6.45) is 0. The zero-order valence-electron chi connectivity index (χ0n) is 14.9. The van der Waals surface area contributed by atoms with Gasteiger partial charge in [-0.3, -0.25) is 9.10 Å². The van der Waals surface area contributed by atoms with Gasteiger partial charge in [-0.15, -0.1) is 0 Å². The zero-order valence-corrected chi connectivity index (χ0v) is 15.7. The topological polar surface area (TPSA) is 84.9 Å². The molecule has 140 valence electrons. The van der Waals surface area contributed by atoms with Crippen LogP contribution in [0.3, 0.4) is 0 Å². The Morgan fingerprint density at radius 1 is 1.08 bits per heavy atom. The molecule has 2 aromatic rings. The van der Waals surface area contributed by atoms with Crippen molar-refractivity contribution in [1.29, 1.82) is 0 Å². The first-order valence-electron chi connectivity index (χ1n) is 8.00. The van der Waals surface area contributed by atoms with Crippen LogP contribution in [0.1, 0.15) is 6.92 Å². The van der Waals surface area contributed by atoms with Gasteiger partial charge < -0.3 is 14.8 Å². The lowest BCUT2D eigenvalue weighted by Gasteiger charge is -2.25. The first-order valence-corrected chi connectivity index (χ1v) is 9.44. The quantitative estimate of drug-likeness (QED) is 0.760. The molecule has 2 rings (SSSR count). The minimum atomic E-state index is -3.97. The van der Waals surface area contributed by atoms with E-state index in [2.05, 4.69) is 5.32 Å². The van der Waals surface area contributed by atoms with Crippen LogP contribution in [0.5, 0.6) is 11.5 Å². The van der Waals surface area contributed by atoms with Gasteiger partial charge in [-0.1, -0.05) is 18.2 Å². The first-order chi connectivity index (χ1) is 12.4. The van der Waals surface area contributed by atoms with E-state index in [-0.39, 0.29) is 22.9 Å². The summed E-state index contributed by atoms with van der Waals surface area (Å²) in [7, 11) is -1.04. The fourth-order valence-corrected chi connectivity index (χ4v) is 3.85. The van der Waals surface area contributed by atoms with E-state index < -0.39 is 15.9 Å². The van der Waals surface area contributed by atoms with E-state index in [4.69, 9.17) is 9.47 Å². The molecule has 1 amide bonds. The molecule has 8 heteroatoms.